The molecule has 30 heavy (non-hydrogen) atoms. The summed E-state index contributed by atoms with van der Waals surface area (Å²) in [4.78, 5) is 26.8. The summed E-state index contributed by atoms with van der Waals surface area (Å²) in [6.45, 7) is 3.80. The zero-order valence-electron chi connectivity index (χ0n) is 16.5. The average molecular weight is 419 g/mol. The van der Waals surface area contributed by atoms with Crippen LogP contribution in [0.2, 0.25) is 0 Å². The van der Waals surface area contributed by atoms with Crippen LogP contribution in [0.3, 0.4) is 0 Å². The number of halogens is 1. The van der Waals surface area contributed by atoms with Gasteiger partial charge in [-0.2, -0.15) is 0 Å². The van der Waals surface area contributed by atoms with E-state index in [2.05, 4.69) is 5.32 Å². The average Bonchev–Trinajstić information content (AvgIpc) is 2.96. The maximum absolute atomic E-state index is 13.0. The highest BCUT2D eigenvalue weighted by molar-refractivity contribution is 6.53. The van der Waals surface area contributed by atoms with Gasteiger partial charge in [-0.15, -0.1) is 0 Å². The Hall–Kier alpha value is -3.57. The van der Waals surface area contributed by atoms with E-state index >= 15 is 0 Å². The van der Waals surface area contributed by atoms with Crippen molar-refractivity contribution in [3.63, 3.8) is 0 Å². The third-order valence-corrected chi connectivity index (χ3v) is 5.30. The minimum absolute atomic E-state index is 0.0549. The SMILES string of the molecule is Cc1cccc(N2C(=O)C(Cl)=C(Nc3ccc(Oc4ccccc4)cc3)C2=O)c1C. The fraction of sp³-hybridized carbons (Fsp3) is 0.0833. The monoisotopic (exact) mass is 418 g/mol. The number of ether oxygens (including phenoxy) is 1. The zero-order chi connectivity index (χ0) is 21.3. The molecular weight excluding hydrogens is 400 g/mol. The van der Waals surface area contributed by atoms with Gasteiger partial charge in [-0.3, -0.25) is 9.59 Å². The molecule has 0 bridgehead atoms. The van der Waals surface area contributed by atoms with Crippen LogP contribution >= 0.6 is 11.6 Å². The normalized spacial score (nSPS) is 13.8. The summed E-state index contributed by atoms with van der Waals surface area (Å²) in [6.07, 6.45) is 0. The Labute approximate surface area is 179 Å². The van der Waals surface area contributed by atoms with Crippen molar-refractivity contribution < 1.29 is 14.3 Å². The lowest BCUT2D eigenvalue weighted by Crippen LogP contribution is -2.33. The Kier molecular flexibility index (Phi) is 5.29. The van der Waals surface area contributed by atoms with E-state index in [4.69, 9.17) is 16.3 Å². The second-order valence-corrected chi connectivity index (χ2v) is 7.30. The van der Waals surface area contributed by atoms with Gasteiger partial charge in [0.1, 0.15) is 22.2 Å². The molecule has 0 aliphatic carbocycles. The molecule has 150 valence electrons. The Morgan fingerprint density at radius 1 is 0.800 bits per heavy atom. The predicted molar refractivity (Wildman–Crippen MR) is 118 cm³/mol. The van der Waals surface area contributed by atoms with E-state index < -0.39 is 11.8 Å². The van der Waals surface area contributed by atoms with E-state index in [1.165, 1.54) is 0 Å². The molecule has 3 aromatic carbocycles. The predicted octanol–water partition coefficient (Wildman–Crippen LogP) is 5.53. The van der Waals surface area contributed by atoms with E-state index in [-0.39, 0.29) is 10.7 Å². The number of carbonyl (C=O) groups is 2. The quantitative estimate of drug-likeness (QED) is 0.553. The third kappa shape index (κ3) is 3.67. The number of imide groups is 1. The highest BCUT2D eigenvalue weighted by Gasteiger charge is 2.39. The van der Waals surface area contributed by atoms with Crippen LogP contribution in [0.15, 0.2) is 83.5 Å². The second kappa shape index (κ2) is 8.05. The molecule has 2 amide bonds. The van der Waals surface area contributed by atoms with E-state index in [0.29, 0.717) is 17.1 Å². The number of hydrogen-bond acceptors (Lipinski definition) is 4. The zero-order valence-corrected chi connectivity index (χ0v) is 17.2. The van der Waals surface area contributed by atoms with Crippen molar-refractivity contribution in [2.24, 2.45) is 0 Å². The van der Waals surface area contributed by atoms with Crippen molar-refractivity contribution in [3.8, 4) is 11.5 Å². The number of anilines is 2. The molecule has 0 fully saturated rings. The lowest BCUT2D eigenvalue weighted by atomic mass is 10.1. The lowest BCUT2D eigenvalue weighted by molar-refractivity contribution is -0.120. The van der Waals surface area contributed by atoms with Crippen molar-refractivity contribution in [2.75, 3.05) is 10.2 Å². The van der Waals surface area contributed by atoms with Gasteiger partial charge in [-0.25, -0.2) is 4.90 Å². The fourth-order valence-electron chi connectivity index (χ4n) is 3.18. The van der Waals surface area contributed by atoms with Gasteiger partial charge in [0, 0.05) is 5.69 Å². The van der Waals surface area contributed by atoms with Crippen LogP contribution in [0.25, 0.3) is 0 Å². The van der Waals surface area contributed by atoms with Crippen LogP contribution in [0, 0.1) is 13.8 Å². The largest absolute Gasteiger partial charge is 0.457 e. The summed E-state index contributed by atoms with van der Waals surface area (Å²) < 4.78 is 5.77. The van der Waals surface area contributed by atoms with Crippen molar-refractivity contribution in [1.29, 1.82) is 0 Å². The van der Waals surface area contributed by atoms with Crippen LogP contribution in [0.4, 0.5) is 11.4 Å². The fourth-order valence-corrected chi connectivity index (χ4v) is 3.40. The van der Waals surface area contributed by atoms with E-state index in [1.807, 2.05) is 56.3 Å². The van der Waals surface area contributed by atoms with E-state index in [1.54, 1.807) is 30.3 Å². The standard InChI is InChI=1S/C24H19ClN2O3/c1-15-7-6-10-20(16(15)2)27-23(28)21(25)22(24(27)29)26-17-11-13-19(14-12-17)30-18-8-4-3-5-9-18/h3-14,26H,1-2H3. The molecule has 5 nitrogen and oxygen atoms in total. The first-order chi connectivity index (χ1) is 14.5. The minimum Gasteiger partial charge on any atom is -0.457 e. The molecule has 1 heterocycles. The van der Waals surface area contributed by atoms with E-state index in [9.17, 15) is 9.59 Å². The minimum atomic E-state index is -0.540. The summed E-state index contributed by atoms with van der Waals surface area (Å²) in [5.41, 5.74) is 3.05. The molecule has 1 aliphatic heterocycles. The molecule has 1 aliphatic rings. The molecule has 1 N–H and O–H groups in total. The van der Waals surface area contributed by atoms with Crippen LogP contribution in [-0.2, 0) is 9.59 Å². The first kappa shape index (κ1) is 19.7. The molecule has 0 saturated heterocycles. The maximum atomic E-state index is 13.0. The molecule has 0 spiro atoms. The van der Waals surface area contributed by atoms with Gasteiger partial charge in [0.05, 0.1) is 5.69 Å². The number of para-hydroxylation sites is 1. The first-order valence-corrected chi connectivity index (χ1v) is 9.78. The molecule has 3 aromatic rings. The molecule has 0 unspecified atom stereocenters. The Balaban J connectivity index is 1.54. The highest BCUT2D eigenvalue weighted by Crippen LogP contribution is 2.33. The molecule has 0 atom stereocenters. The summed E-state index contributed by atoms with van der Waals surface area (Å²) in [6, 6.07) is 22.0. The Bertz CT molecular complexity index is 1150. The first-order valence-electron chi connectivity index (χ1n) is 9.40. The highest BCUT2D eigenvalue weighted by atomic mass is 35.5. The van der Waals surface area contributed by atoms with Crippen LogP contribution in [0.5, 0.6) is 11.5 Å². The van der Waals surface area contributed by atoms with Gasteiger partial charge in [0.25, 0.3) is 11.8 Å². The smallest absolute Gasteiger partial charge is 0.283 e. The summed E-state index contributed by atoms with van der Waals surface area (Å²) in [7, 11) is 0. The number of rotatable bonds is 5. The second-order valence-electron chi connectivity index (χ2n) is 6.92. The van der Waals surface area contributed by atoms with Crippen molar-refractivity contribution >= 4 is 34.8 Å². The summed E-state index contributed by atoms with van der Waals surface area (Å²) in [5.74, 6) is 0.354. The number of hydrogen-bond donors (Lipinski definition) is 1. The Morgan fingerprint density at radius 2 is 1.47 bits per heavy atom. The number of amides is 2. The number of benzene rings is 3. The summed E-state index contributed by atoms with van der Waals surface area (Å²) in [5, 5.41) is 2.84. The van der Waals surface area contributed by atoms with Crippen molar-refractivity contribution in [2.45, 2.75) is 13.8 Å². The van der Waals surface area contributed by atoms with Crippen LogP contribution < -0.4 is 15.0 Å². The lowest BCUT2D eigenvalue weighted by Gasteiger charge is -2.18. The molecule has 0 aromatic heterocycles. The van der Waals surface area contributed by atoms with Gasteiger partial charge >= 0.3 is 0 Å². The van der Waals surface area contributed by atoms with Crippen molar-refractivity contribution in [1.82, 2.24) is 0 Å². The van der Waals surface area contributed by atoms with Gasteiger partial charge in [0.15, 0.2) is 0 Å². The van der Waals surface area contributed by atoms with E-state index in [0.717, 1.165) is 21.8 Å². The molecule has 6 heteroatoms. The van der Waals surface area contributed by atoms with Gasteiger partial charge in [-0.05, 0) is 67.4 Å². The number of aryl methyl sites for hydroxylation is 1. The number of carbonyl (C=O) groups excluding carboxylic acids is 2. The molecular formula is C24H19ClN2O3. The number of nitrogens with zero attached hydrogens (tertiary/aromatic N) is 1. The maximum Gasteiger partial charge on any atom is 0.283 e. The molecule has 0 saturated carbocycles. The molecule has 0 radical (unpaired) electrons. The van der Waals surface area contributed by atoms with Crippen LogP contribution in [0.1, 0.15) is 11.1 Å². The van der Waals surface area contributed by atoms with Gasteiger partial charge in [0.2, 0.25) is 0 Å². The Morgan fingerprint density at radius 3 is 2.17 bits per heavy atom. The molecule has 4 rings (SSSR count). The van der Waals surface area contributed by atoms with Crippen molar-refractivity contribution in [3.05, 3.63) is 94.7 Å². The van der Waals surface area contributed by atoms with Gasteiger partial charge in [-0.1, -0.05) is 41.9 Å². The summed E-state index contributed by atoms with van der Waals surface area (Å²) >= 11 is 6.23. The van der Waals surface area contributed by atoms with Gasteiger partial charge < -0.3 is 10.1 Å². The third-order valence-electron chi connectivity index (χ3n) is 4.95. The number of nitrogens with one attached hydrogen (secondary N) is 1. The topological polar surface area (TPSA) is 58.6 Å². The van der Waals surface area contributed by atoms with Crippen LogP contribution in [-0.4, -0.2) is 11.8 Å².